The van der Waals surface area contributed by atoms with E-state index in [1.165, 1.54) is 55.5 Å². The van der Waals surface area contributed by atoms with Crippen LogP contribution in [0.25, 0.3) is 0 Å². The number of nitrogens with one attached hydrogen (secondary N) is 1. The van der Waals surface area contributed by atoms with Gasteiger partial charge in [-0.2, -0.15) is 0 Å². The molecule has 0 aromatic heterocycles. The third-order valence-corrected chi connectivity index (χ3v) is 3.59. The zero-order valence-corrected chi connectivity index (χ0v) is 14.4. The molecule has 3 N–H and O–H groups in total. The molecule has 2 rings (SSSR count). The maximum absolute atomic E-state index is 12.4. The lowest BCUT2D eigenvalue weighted by atomic mass is 10.0. The summed E-state index contributed by atoms with van der Waals surface area (Å²) in [5.74, 6) is -1.66. The van der Waals surface area contributed by atoms with Gasteiger partial charge in [0.15, 0.2) is 0 Å². The summed E-state index contributed by atoms with van der Waals surface area (Å²) in [5.41, 5.74) is 6.05. The zero-order valence-electron chi connectivity index (χ0n) is 14.4. The van der Waals surface area contributed by atoms with Gasteiger partial charge in [0.25, 0.3) is 11.6 Å². The van der Waals surface area contributed by atoms with E-state index in [4.69, 9.17) is 10.5 Å². The number of hydrogen-bond donors (Lipinski definition) is 2. The van der Waals surface area contributed by atoms with Gasteiger partial charge in [-0.1, -0.05) is 18.2 Å². The smallest absolute Gasteiger partial charge is 0.308 e. The highest BCUT2D eigenvalue weighted by Gasteiger charge is 2.20. The van der Waals surface area contributed by atoms with Crippen LogP contribution < -0.4 is 15.8 Å². The second kappa shape index (κ2) is 8.56. The van der Waals surface area contributed by atoms with Crippen LogP contribution in [0, 0.1) is 10.1 Å². The number of carbonyl (C=O) groups is 3. The van der Waals surface area contributed by atoms with Crippen molar-refractivity contribution >= 4 is 23.5 Å². The number of esters is 1. The van der Waals surface area contributed by atoms with Gasteiger partial charge in [-0.25, -0.2) is 0 Å². The summed E-state index contributed by atoms with van der Waals surface area (Å²) in [5, 5.41) is 13.2. The van der Waals surface area contributed by atoms with Gasteiger partial charge in [0.05, 0.1) is 4.92 Å². The van der Waals surface area contributed by atoms with Gasteiger partial charge < -0.3 is 15.8 Å². The van der Waals surface area contributed by atoms with E-state index >= 15 is 0 Å². The number of nitro groups is 1. The standard InChI is InChI=1S/C18H17N3O6/c1-11(22)27-15-4-2-3-13(10-15)18(24)20-16(17(19)23)9-12-5-7-14(8-6-12)21(25)26/h2-8,10,16H,9H2,1H3,(H2,19,23)(H,20,24)/t16-/m0/s1. The number of benzene rings is 2. The Morgan fingerprint density at radius 1 is 1.19 bits per heavy atom. The Morgan fingerprint density at radius 3 is 2.41 bits per heavy atom. The van der Waals surface area contributed by atoms with E-state index in [2.05, 4.69) is 5.32 Å². The molecule has 0 aliphatic carbocycles. The summed E-state index contributed by atoms with van der Waals surface area (Å²) >= 11 is 0. The van der Waals surface area contributed by atoms with Crippen molar-refractivity contribution in [2.45, 2.75) is 19.4 Å². The van der Waals surface area contributed by atoms with Crippen molar-refractivity contribution in [3.63, 3.8) is 0 Å². The van der Waals surface area contributed by atoms with Gasteiger partial charge in [0.2, 0.25) is 5.91 Å². The minimum atomic E-state index is -1.02. The van der Waals surface area contributed by atoms with E-state index < -0.39 is 28.7 Å². The fourth-order valence-electron chi connectivity index (χ4n) is 2.32. The van der Waals surface area contributed by atoms with Crippen molar-refractivity contribution in [1.29, 1.82) is 0 Å². The Bertz CT molecular complexity index is 879. The second-order valence-electron chi connectivity index (χ2n) is 5.68. The quantitative estimate of drug-likeness (QED) is 0.326. The average Bonchev–Trinajstić information content (AvgIpc) is 2.61. The lowest BCUT2D eigenvalue weighted by Gasteiger charge is -2.16. The van der Waals surface area contributed by atoms with E-state index in [0.29, 0.717) is 5.56 Å². The number of primary amides is 1. The molecule has 0 saturated carbocycles. The van der Waals surface area contributed by atoms with E-state index in [-0.39, 0.29) is 23.4 Å². The normalized spacial score (nSPS) is 11.3. The number of ether oxygens (including phenoxy) is 1. The van der Waals surface area contributed by atoms with Crippen LogP contribution in [0.15, 0.2) is 48.5 Å². The molecule has 0 saturated heterocycles. The number of amides is 2. The molecule has 2 aromatic carbocycles. The molecule has 0 fully saturated rings. The van der Waals surface area contributed by atoms with Gasteiger partial charge in [-0.3, -0.25) is 24.5 Å². The predicted octanol–water partition coefficient (Wildman–Crippen LogP) is 1.35. The van der Waals surface area contributed by atoms with E-state index in [0.717, 1.165) is 0 Å². The summed E-state index contributed by atoms with van der Waals surface area (Å²) in [6.45, 7) is 1.24. The maximum Gasteiger partial charge on any atom is 0.308 e. The van der Waals surface area contributed by atoms with E-state index in [9.17, 15) is 24.5 Å². The summed E-state index contributed by atoms with van der Waals surface area (Å²) in [6.07, 6.45) is 0.0721. The molecule has 9 heteroatoms. The first kappa shape index (κ1) is 19.6. The molecule has 0 aliphatic heterocycles. The lowest BCUT2D eigenvalue weighted by molar-refractivity contribution is -0.384. The molecule has 0 aliphatic rings. The molecule has 0 heterocycles. The molecule has 9 nitrogen and oxygen atoms in total. The first-order valence-corrected chi connectivity index (χ1v) is 7.88. The van der Waals surface area contributed by atoms with Crippen LogP contribution in [0.3, 0.4) is 0 Å². The monoisotopic (exact) mass is 371 g/mol. The van der Waals surface area contributed by atoms with Crippen LogP contribution >= 0.6 is 0 Å². The van der Waals surface area contributed by atoms with Gasteiger partial charge in [0.1, 0.15) is 11.8 Å². The molecule has 2 amide bonds. The third kappa shape index (κ3) is 5.63. The number of carbonyl (C=O) groups excluding carboxylic acids is 3. The zero-order chi connectivity index (χ0) is 20.0. The fourth-order valence-corrected chi connectivity index (χ4v) is 2.32. The fraction of sp³-hybridized carbons (Fsp3) is 0.167. The Hall–Kier alpha value is -3.75. The average molecular weight is 371 g/mol. The molecule has 0 radical (unpaired) electrons. The van der Waals surface area contributed by atoms with Gasteiger partial charge in [-0.15, -0.1) is 0 Å². The number of nitrogens with two attached hydrogens (primary N) is 1. The molecule has 0 unspecified atom stereocenters. The molecule has 2 aromatic rings. The Labute approximate surface area is 154 Å². The van der Waals surface area contributed by atoms with Crippen LogP contribution in [0.2, 0.25) is 0 Å². The number of hydrogen-bond acceptors (Lipinski definition) is 6. The highest BCUT2D eigenvalue weighted by molar-refractivity contribution is 5.97. The van der Waals surface area contributed by atoms with Crippen molar-refractivity contribution in [1.82, 2.24) is 5.32 Å². The highest BCUT2D eigenvalue weighted by Crippen LogP contribution is 2.15. The van der Waals surface area contributed by atoms with Crippen molar-refractivity contribution in [3.8, 4) is 5.75 Å². The predicted molar refractivity (Wildman–Crippen MR) is 95.0 cm³/mol. The first-order valence-electron chi connectivity index (χ1n) is 7.88. The van der Waals surface area contributed by atoms with Crippen LogP contribution in [0.4, 0.5) is 5.69 Å². The Morgan fingerprint density at radius 2 is 1.85 bits per heavy atom. The molecule has 0 bridgehead atoms. The van der Waals surface area contributed by atoms with Crippen molar-refractivity contribution in [3.05, 3.63) is 69.8 Å². The van der Waals surface area contributed by atoms with Crippen molar-refractivity contribution < 1.29 is 24.0 Å². The van der Waals surface area contributed by atoms with Crippen molar-refractivity contribution in [2.24, 2.45) is 5.73 Å². The summed E-state index contributed by atoms with van der Waals surface area (Å²) < 4.78 is 4.92. The molecule has 0 spiro atoms. The summed E-state index contributed by atoms with van der Waals surface area (Å²) in [6, 6.07) is 10.5. The lowest BCUT2D eigenvalue weighted by Crippen LogP contribution is -2.45. The minimum absolute atomic E-state index is 0.0721. The van der Waals surface area contributed by atoms with Crippen LogP contribution in [-0.2, 0) is 16.0 Å². The van der Waals surface area contributed by atoms with Gasteiger partial charge in [0, 0.05) is 31.0 Å². The number of nitrogens with zero attached hydrogens (tertiary/aromatic N) is 1. The topological polar surface area (TPSA) is 142 Å². The Kier molecular flexibility index (Phi) is 6.21. The number of non-ortho nitro benzene ring substituents is 1. The molecular formula is C18H17N3O6. The first-order chi connectivity index (χ1) is 12.8. The Balaban J connectivity index is 2.11. The highest BCUT2D eigenvalue weighted by atomic mass is 16.6. The molecule has 140 valence electrons. The molecule has 1 atom stereocenters. The maximum atomic E-state index is 12.4. The second-order valence-corrected chi connectivity index (χ2v) is 5.68. The number of rotatable bonds is 7. The number of nitro benzene ring substituents is 1. The van der Waals surface area contributed by atoms with Crippen LogP contribution in [-0.4, -0.2) is 28.7 Å². The van der Waals surface area contributed by atoms with Crippen LogP contribution in [0.1, 0.15) is 22.8 Å². The molecular weight excluding hydrogens is 354 g/mol. The molecule has 27 heavy (non-hydrogen) atoms. The van der Waals surface area contributed by atoms with Crippen molar-refractivity contribution in [2.75, 3.05) is 0 Å². The summed E-state index contributed by atoms with van der Waals surface area (Å²) in [7, 11) is 0. The van der Waals surface area contributed by atoms with Gasteiger partial charge in [-0.05, 0) is 23.8 Å². The van der Waals surface area contributed by atoms with Gasteiger partial charge >= 0.3 is 5.97 Å². The van der Waals surface area contributed by atoms with Crippen LogP contribution in [0.5, 0.6) is 5.75 Å². The van der Waals surface area contributed by atoms with E-state index in [1.807, 2.05) is 0 Å². The third-order valence-electron chi connectivity index (χ3n) is 3.59. The summed E-state index contributed by atoms with van der Waals surface area (Å²) in [4.78, 5) is 45.2. The largest absolute Gasteiger partial charge is 0.427 e. The minimum Gasteiger partial charge on any atom is -0.427 e. The van der Waals surface area contributed by atoms with E-state index in [1.54, 1.807) is 0 Å². The SMILES string of the molecule is CC(=O)Oc1cccc(C(=O)N[C@@H](Cc2ccc([N+](=O)[O-])cc2)C(N)=O)c1.